The number of halogens is 1. The van der Waals surface area contributed by atoms with Crippen molar-refractivity contribution in [3.63, 3.8) is 0 Å². The number of anilines is 1. The molecule has 0 radical (unpaired) electrons. The first kappa shape index (κ1) is 19.6. The quantitative estimate of drug-likeness (QED) is 0.809. The number of hydrogen-bond acceptors (Lipinski definition) is 4. The summed E-state index contributed by atoms with van der Waals surface area (Å²) in [4.78, 5) is 2.40. The van der Waals surface area contributed by atoms with Gasteiger partial charge in [-0.25, -0.2) is 8.42 Å². The van der Waals surface area contributed by atoms with Crippen LogP contribution < -0.4 is 4.31 Å². The minimum atomic E-state index is -3.30. The second kappa shape index (κ2) is 6.94. The van der Waals surface area contributed by atoms with Crippen molar-refractivity contribution in [3.05, 3.63) is 57.6 Å². The fourth-order valence-corrected chi connectivity index (χ4v) is 5.30. The molecular weight excluding hydrogens is 396 g/mol. The Morgan fingerprint density at radius 1 is 1.14 bits per heavy atom. The molecule has 2 atom stereocenters. The fraction of sp³-hybridized carbons (Fsp3) is 0.429. The maximum Gasteiger partial charge on any atom is 0.231 e. The molecule has 0 bridgehead atoms. The highest BCUT2D eigenvalue weighted by atomic mass is 35.5. The summed E-state index contributed by atoms with van der Waals surface area (Å²) in [6, 6.07) is 9.98. The number of aryl methyl sites for hydroxylation is 1. The van der Waals surface area contributed by atoms with E-state index >= 15 is 0 Å². The van der Waals surface area contributed by atoms with E-state index in [-0.39, 0.29) is 11.7 Å². The van der Waals surface area contributed by atoms with Gasteiger partial charge in [-0.3, -0.25) is 4.31 Å². The molecule has 7 heteroatoms. The second-order valence-electron chi connectivity index (χ2n) is 7.93. The summed E-state index contributed by atoms with van der Waals surface area (Å²) in [5, 5.41) is 10.6. The Hall–Kier alpha value is -1.76. The van der Waals surface area contributed by atoms with Crippen LogP contribution in [0.4, 0.5) is 5.69 Å². The Morgan fingerprint density at radius 2 is 1.86 bits per heavy atom. The van der Waals surface area contributed by atoms with Crippen molar-refractivity contribution < 1.29 is 13.5 Å². The van der Waals surface area contributed by atoms with Gasteiger partial charge >= 0.3 is 0 Å². The summed E-state index contributed by atoms with van der Waals surface area (Å²) in [6.07, 6.45) is 4.00. The zero-order valence-corrected chi connectivity index (χ0v) is 17.9. The summed E-state index contributed by atoms with van der Waals surface area (Å²) in [5.74, 6) is 0.247. The van der Waals surface area contributed by atoms with Crippen molar-refractivity contribution >= 4 is 27.3 Å². The largest absolute Gasteiger partial charge is 0.506 e. The molecule has 0 spiro atoms. The van der Waals surface area contributed by atoms with Crippen LogP contribution in [0.1, 0.15) is 34.6 Å². The van der Waals surface area contributed by atoms with Crippen LogP contribution in [0.25, 0.3) is 0 Å². The molecule has 5 nitrogen and oxygen atoms in total. The van der Waals surface area contributed by atoms with Crippen LogP contribution in [0, 0.1) is 0 Å². The van der Waals surface area contributed by atoms with Gasteiger partial charge < -0.3 is 10.0 Å². The van der Waals surface area contributed by atoms with Gasteiger partial charge in [0, 0.05) is 25.6 Å². The normalized spacial score (nSPS) is 22.0. The Labute approximate surface area is 171 Å². The topological polar surface area (TPSA) is 60.9 Å². The first-order valence-electron chi connectivity index (χ1n) is 9.45. The van der Waals surface area contributed by atoms with E-state index in [1.54, 1.807) is 7.05 Å². The van der Waals surface area contributed by atoms with Gasteiger partial charge in [-0.15, -0.1) is 0 Å². The molecule has 1 aliphatic carbocycles. The van der Waals surface area contributed by atoms with Crippen LogP contribution in [0.3, 0.4) is 0 Å². The molecule has 0 aromatic heterocycles. The van der Waals surface area contributed by atoms with Gasteiger partial charge in [0.05, 0.1) is 17.0 Å². The lowest BCUT2D eigenvalue weighted by Crippen LogP contribution is -2.39. The molecule has 1 N–H and O–H groups in total. The lowest BCUT2D eigenvalue weighted by atomic mass is 9.74. The molecule has 2 aromatic rings. The van der Waals surface area contributed by atoms with Crippen LogP contribution in [0.5, 0.6) is 5.75 Å². The smallest absolute Gasteiger partial charge is 0.231 e. The van der Waals surface area contributed by atoms with Gasteiger partial charge in [-0.1, -0.05) is 17.7 Å². The first-order valence-corrected chi connectivity index (χ1v) is 11.7. The molecule has 0 saturated heterocycles. The molecule has 0 unspecified atom stereocenters. The standard InChI is InChI=1S/C21H25ClN2O3S/c1-23-9-8-14-11-18(22)20(25)12-17(14)21-16-6-5-15(24(2)28(3,26)27)10-13(16)4-7-19(21)23/h5-6,10-12,19,21,25H,4,7-9H2,1-3H3/t19-,21+/m0/s1. The number of fused-ring (bicyclic) bond motifs is 5. The summed E-state index contributed by atoms with van der Waals surface area (Å²) in [6.45, 7) is 0.944. The van der Waals surface area contributed by atoms with Gasteiger partial charge in [-0.2, -0.15) is 0 Å². The van der Waals surface area contributed by atoms with E-state index in [1.807, 2.05) is 24.3 Å². The highest BCUT2D eigenvalue weighted by molar-refractivity contribution is 7.92. The molecule has 0 saturated carbocycles. The molecule has 150 valence electrons. The zero-order chi connectivity index (χ0) is 20.2. The minimum absolute atomic E-state index is 0.115. The van der Waals surface area contributed by atoms with E-state index in [9.17, 15) is 13.5 Å². The molecule has 2 aromatic carbocycles. The van der Waals surface area contributed by atoms with E-state index in [0.717, 1.165) is 31.4 Å². The average molecular weight is 421 g/mol. The number of hydrogen-bond donors (Lipinski definition) is 1. The molecule has 28 heavy (non-hydrogen) atoms. The maximum atomic E-state index is 11.9. The van der Waals surface area contributed by atoms with Crippen molar-refractivity contribution in [2.24, 2.45) is 0 Å². The third-order valence-electron chi connectivity index (χ3n) is 6.26. The van der Waals surface area contributed by atoms with Gasteiger partial charge in [-0.05, 0) is 72.8 Å². The fourth-order valence-electron chi connectivity index (χ4n) is 4.61. The summed E-state index contributed by atoms with van der Waals surface area (Å²) >= 11 is 6.18. The first-order chi connectivity index (χ1) is 13.2. The van der Waals surface area contributed by atoms with Crippen LogP contribution in [0.15, 0.2) is 30.3 Å². The predicted octanol–water partition coefficient (Wildman–Crippen LogP) is 3.38. The average Bonchev–Trinajstić information content (AvgIpc) is 2.78. The van der Waals surface area contributed by atoms with Crippen LogP contribution in [-0.4, -0.2) is 51.4 Å². The lowest BCUT2D eigenvalue weighted by molar-refractivity contribution is 0.214. The SMILES string of the molecule is CN1CCc2cc(Cl)c(O)cc2[C@H]2c3ccc(N(C)S(C)(=O)=O)cc3CC[C@@H]21. The number of aromatic hydroxyl groups is 1. The molecule has 0 fully saturated rings. The number of phenolic OH excluding ortho intramolecular Hbond substituents is 1. The van der Waals surface area contributed by atoms with Gasteiger partial charge in [0.2, 0.25) is 10.0 Å². The van der Waals surface area contributed by atoms with Crippen molar-refractivity contribution in [2.75, 3.05) is 31.2 Å². The maximum absolute atomic E-state index is 11.9. The number of likely N-dealkylation sites (N-methyl/N-ethyl adjacent to an activating group) is 1. The van der Waals surface area contributed by atoms with E-state index in [0.29, 0.717) is 16.8 Å². The van der Waals surface area contributed by atoms with Crippen molar-refractivity contribution in [1.29, 1.82) is 0 Å². The van der Waals surface area contributed by atoms with Gasteiger partial charge in [0.25, 0.3) is 0 Å². The summed E-state index contributed by atoms with van der Waals surface area (Å²) in [7, 11) is 0.433. The zero-order valence-electron chi connectivity index (χ0n) is 16.3. The molecular formula is C21H25ClN2O3S. The van der Waals surface area contributed by atoms with E-state index in [2.05, 4.69) is 18.0 Å². The Morgan fingerprint density at radius 3 is 2.57 bits per heavy atom. The molecule has 1 heterocycles. The number of rotatable bonds is 2. The highest BCUT2D eigenvalue weighted by Gasteiger charge is 2.37. The van der Waals surface area contributed by atoms with Gasteiger partial charge in [0.1, 0.15) is 5.75 Å². The Kier molecular flexibility index (Phi) is 4.84. The lowest BCUT2D eigenvalue weighted by Gasteiger charge is -2.38. The number of benzene rings is 2. The third-order valence-corrected chi connectivity index (χ3v) is 7.77. The second-order valence-corrected chi connectivity index (χ2v) is 10.4. The molecule has 2 aliphatic rings. The highest BCUT2D eigenvalue weighted by Crippen LogP contribution is 2.45. The predicted molar refractivity (Wildman–Crippen MR) is 113 cm³/mol. The summed E-state index contributed by atoms with van der Waals surface area (Å²) in [5.41, 5.74) is 5.36. The van der Waals surface area contributed by atoms with E-state index < -0.39 is 10.0 Å². The Bertz CT molecular complexity index is 1040. The van der Waals surface area contributed by atoms with E-state index in [1.165, 1.54) is 27.3 Å². The van der Waals surface area contributed by atoms with Crippen molar-refractivity contribution in [2.45, 2.75) is 31.2 Å². The van der Waals surface area contributed by atoms with Crippen LogP contribution in [0.2, 0.25) is 5.02 Å². The van der Waals surface area contributed by atoms with Crippen LogP contribution in [-0.2, 0) is 22.9 Å². The molecule has 1 aliphatic heterocycles. The molecule has 0 amide bonds. The Balaban J connectivity index is 1.86. The number of phenols is 1. The third kappa shape index (κ3) is 3.27. The van der Waals surface area contributed by atoms with Crippen molar-refractivity contribution in [1.82, 2.24) is 4.90 Å². The minimum Gasteiger partial charge on any atom is -0.506 e. The number of nitrogens with zero attached hydrogens (tertiary/aromatic N) is 2. The van der Waals surface area contributed by atoms with Gasteiger partial charge in [0.15, 0.2) is 0 Å². The van der Waals surface area contributed by atoms with Crippen molar-refractivity contribution in [3.8, 4) is 5.75 Å². The number of sulfonamides is 1. The van der Waals surface area contributed by atoms with Crippen LogP contribution >= 0.6 is 11.6 Å². The van der Waals surface area contributed by atoms with E-state index in [4.69, 9.17) is 11.6 Å². The molecule has 4 rings (SSSR count). The summed E-state index contributed by atoms with van der Waals surface area (Å²) < 4.78 is 25.2. The monoisotopic (exact) mass is 420 g/mol.